The van der Waals surface area contributed by atoms with Gasteiger partial charge in [0.15, 0.2) is 0 Å². The number of nitriles is 1. The molecular formula is C17H16N2O2. The maximum absolute atomic E-state index is 11.9. The summed E-state index contributed by atoms with van der Waals surface area (Å²) in [7, 11) is 0. The molecule has 0 aliphatic heterocycles. The van der Waals surface area contributed by atoms with Gasteiger partial charge in [0.1, 0.15) is 0 Å². The maximum Gasteiger partial charge on any atom is 0.340 e. The van der Waals surface area contributed by atoms with Gasteiger partial charge in [0.25, 0.3) is 0 Å². The van der Waals surface area contributed by atoms with Gasteiger partial charge in [-0.15, -0.1) is 0 Å². The van der Waals surface area contributed by atoms with Crippen LogP contribution in [0.25, 0.3) is 0 Å². The van der Waals surface area contributed by atoms with E-state index in [4.69, 9.17) is 10.00 Å². The summed E-state index contributed by atoms with van der Waals surface area (Å²) in [6.45, 7) is 2.12. The molecule has 0 aliphatic rings. The molecule has 0 aromatic heterocycles. The van der Waals surface area contributed by atoms with E-state index in [2.05, 4.69) is 11.4 Å². The number of esters is 1. The third kappa shape index (κ3) is 3.83. The molecule has 0 atom stereocenters. The molecule has 0 radical (unpaired) electrons. The van der Waals surface area contributed by atoms with E-state index in [1.807, 2.05) is 36.4 Å². The summed E-state index contributed by atoms with van der Waals surface area (Å²) in [6.07, 6.45) is 0.389. The molecule has 0 heterocycles. The third-order valence-corrected chi connectivity index (χ3v) is 2.94. The van der Waals surface area contributed by atoms with Crippen molar-refractivity contribution >= 4 is 17.3 Å². The average Bonchev–Trinajstić information content (AvgIpc) is 2.50. The fourth-order valence-electron chi connectivity index (χ4n) is 1.93. The Hall–Kier alpha value is -2.80. The van der Waals surface area contributed by atoms with Gasteiger partial charge in [-0.05, 0) is 36.8 Å². The standard InChI is InChI=1S/C17H16N2O2/c1-2-21-17(20)15-5-3-4-6-16(15)19-14-9-7-13(8-10-14)11-12-18/h3-10,19H,2,11H2,1H3. The van der Waals surface area contributed by atoms with Crippen LogP contribution in [-0.4, -0.2) is 12.6 Å². The number of carbonyl (C=O) groups excluding carboxylic acids is 1. The van der Waals surface area contributed by atoms with Crippen LogP contribution in [0.3, 0.4) is 0 Å². The van der Waals surface area contributed by atoms with Gasteiger partial charge < -0.3 is 10.1 Å². The highest BCUT2D eigenvalue weighted by molar-refractivity contribution is 5.96. The fourth-order valence-corrected chi connectivity index (χ4v) is 1.93. The highest BCUT2D eigenvalue weighted by Crippen LogP contribution is 2.22. The second-order valence-corrected chi connectivity index (χ2v) is 4.42. The first-order chi connectivity index (χ1) is 10.2. The topological polar surface area (TPSA) is 62.1 Å². The quantitative estimate of drug-likeness (QED) is 0.849. The van der Waals surface area contributed by atoms with Crippen molar-refractivity contribution in [2.24, 2.45) is 0 Å². The normalized spacial score (nSPS) is 9.71. The van der Waals surface area contributed by atoms with Gasteiger partial charge in [-0.25, -0.2) is 4.79 Å². The predicted octanol–water partition coefficient (Wildman–Crippen LogP) is 3.67. The van der Waals surface area contributed by atoms with E-state index in [9.17, 15) is 4.79 Å². The van der Waals surface area contributed by atoms with Gasteiger partial charge in [0.05, 0.1) is 30.3 Å². The lowest BCUT2D eigenvalue weighted by Crippen LogP contribution is -2.07. The van der Waals surface area contributed by atoms with E-state index in [1.54, 1.807) is 19.1 Å². The zero-order valence-corrected chi connectivity index (χ0v) is 11.8. The lowest BCUT2D eigenvalue weighted by atomic mass is 10.1. The summed E-state index contributed by atoms with van der Waals surface area (Å²) in [5.74, 6) is -0.346. The number of rotatable bonds is 5. The van der Waals surface area contributed by atoms with Gasteiger partial charge in [0.2, 0.25) is 0 Å². The molecule has 106 valence electrons. The minimum Gasteiger partial charge on any atom is -0.462 e. The minimum absolute atomic E-state index is 0.343. The van der Waals surface area contributed by atoms with Crippen LogP contribution in [0.5, 0.6) is 0 Å². The molecule has 0 aliphatic carbocycles. The van der Waals surface area contributed by atoms with Crippen LogP contribution in [0, 0.1) is 11.3 Å². The van der Waals surface area contributed by atoms with Crippen LogP contribution >= 0.6 is 0 Å². The Bertz CT molecular complexity index is 657. The van der Waals surface area contributed by atoms with Crippen molar-refractivity contribution in [3.8, 4) is 6.07 Å². The van der Waals surface area contributed by atoms with Crippen molar-refractivity contribution < 1.29 is 9.53 Å². The first-order valence-electron chi connectivity index (χ1n) is 6.73. The molecule has 0 unspecified atom stereocenters. The summed E-state index contributed by atoms with van der Waals surface area (Å²) in [6, 6.07) is 16.9. The van der Waals surface area contributed by atoms with Crippen molar-refractivity contribution in [3.05, 3.63) is 59.7 Å². The summed E-state index contributed by atoms with van der Waals surface area (Å²) >= 11 is 0. The molecule has 0 bridgehead atoms. The number of para-hydroxylation sites is 1. The Balaban J connectivity index is 2.19. The Morgan fingerprint density at radius 1 is 1.19 bits per heavy atom. The molecule has 0 fully saturated rings. The molecule has 4 nitrogen and oxygen atoms in total. The maximum atomic E-state index is 11.9. The monoisotopic (exact) mass is 280 g/mol. The summed E-state index contributed by atoms with van der Waals surface area (Å²) in [4.78, 5) is 11.9. The third-order valence-electron chi connectivity index (χ3n) is 2.94. The van der Waals surface area contributed by atoms with Gasteiger partial charge >= 0.3 is 5.97 Å². The molecule has 21 heavy (non-hydrogen) atoms. The SMILES string of the molecule is CCOC(=O)c1ccccc1Nc1ccc(CC#N)cc1. The molecule has 0 saturated carbocycles. The molecule has 2 aromatic carbocycles. The van der Waals surface area contributed by atoms with Crippen LogP contribution in [0.4, 0.5) is 11.4 Å². The van der Waals surface area contributed by atoms with E-state index in [0.29, 0.717) is 24.3 Å². The first kappa shape index (κ1) is 14.6. The highest BCUT2D eigenvalue weighted by Gasteiger charge is 2.11. The first-order valence-corrected chi connectivity index (χ1v) is 6.73. The number of nitrogens with one attached hydrogen (secondary N) is 1. The number of carbonyl (C=O) groups is 1. The van der Waals surface area contributed by atoms with Gasteiger partial charge in [-0.3, -0.25) is 0 Å². The molecule has 0 saturated heterocycles. The number of anilines is 2. The Morgan fingerprint density at radius 2 is 1.90 bits per heavy atom. The number of hydrogen-bond acceptors (Lipinski definition) is 4. The minimum atomic E-state index is -0.346. The Kier molecular flexibility index (Phi) is 4.94. The second-order valence-electron chi connectivity index (χ2n) is 4.42. The number of benzene rings is 2. The summed E-state index contributed by atoms with van der Waals surface area (Å²) < 4.78 is 5.04. The van der Waals surface area contributed by atoms with E-state index >= 15 is 0 Å². The van der Waals surface area contributed by atoms with Crippen LogP contribution in [0.2, 0.25) is 0 Å². The number of hydrogen-bond donors (Lipinski definition) is 1. The fraction of sp³-hybridized carbons (Fsp3) is 0.176. The highest BCUT2D eigenvalue weighted by atomic mass is 16.5. The van der Waals surface area contributed by atoms with Crippen molar-refractivity contribution in [3.63, 3.8) is 0 Å². The Morgan fingerprint density at radius 3 is 2.57 bits per heavy atom. The molecular weight excluding hydrogens is 264 g/mol. The smallest absolute Gasteiger partial charge is 0.340 e. The summed E-state index contributed by atoms with van der Waals surface area (Å²) in [5, 5.41) is 11.9. The average molecular weight is 280 g/mol. The van der Waals surface area contributed by atoms with Crippen molar-refractivity contribution in [1.29, 1.82) is 5.26 Å². The zero-order valence-electron chi connectivity index (χ0n) is 11.8. The van der Waals surface area contributed by atoms with Crippen LogP contribution in [-0.2, 0) is 11.2 Å². The zero-order chi connectivity index (χ0) is 15.1. The molecule has 4 heteroatoms. The van der Waals surface area contributed by atoms with Crippen molar-refractivity contribution in [2.45, 2.75) is 13.3 Å². The van der Waals surface area contributed by atoms with Crippen molar-refractivity contribution in [2.75, 3.05) is 11.9 Å². The Labute approximate surface area is 124 Å². The second kappa shape index (κ2) is 7.11. The lowest BCUT2D eigenvalue weighted by molar-refractivity contribution is 0.0527. The molecule has 2 aromatic rings. The van der Waals surface area contributed by atoms with Gasteiger partial charge in [-0.1, -0.05) is 24.3 Å². The van der Waals surface area contributed by atoms with Crippen LogP contribution < -0.4 is 5.32 Å². The predicted molar refractivity (Wildman–Crippen MR) is 81.4 cm³/mol. The van der Waals surface area contributed by atoms with E-state index in [1.165, 1.54) is 0 Å². The largest absolute Gasteiger partial charge is 0.462 e. The molecule has 2 rings (SSSR count). The van der Waals surface area contributed by atoms with Gasteiger partial charge in [-0.2, -0.15) is 5.26 Å². The van der Waals surface area contributed by atoms with Crippen molar-refractivity contribution in [1.82, 2.24) is 0 Å². The summed E-state index contributed by atoms with van der Waals surface area (Å²) in [5.41, 5.74) is 3.01. The van der Waals surface area contributed by atoms with Gasteiger partial charge in [0, 0.05) is 5.69 Å². The van der Waals surface area contributed by atoms with E-state index in [0.717, 1.165) is 11.3 Å². The van der Waals surface area contributed by atoms with Crippen LogP contribution in [0.1, 0.15) is 22.8 Å². The molecule has 1 N–H and O–H groups in total. The number of nitrogens with zero attached hydrogens (tertiary/aromatic N) is 1. The lowest BCUT2D eigenvalue weighted by Gasteiger charge is -2.11. The molecule has 0 amide bonds. The van der Waals surface area contributed by atoms with E-state index < -0.39 is 0 Å². The van der Waals surface area contributed by atoms with E-state index in [-0.39, 0.29) is 5.97 Å². The molecule has 0 spiro atoms. The van der Waals surface area contributed by atoms with Crippen LogP contribution in [0.15, 0.2) is 48.5 Å². The number of ether oxygens (including phenoxy) is 1.